The second-order valence-electron chi connectivity index (χ2n) is 3.28. The Labute approximate surface area is 95.3 Å². The topological polar surface area (TPSA) is 33.0 Å². The highest BCUT2D eigenvalue weighted by molar-refractivity contribution is 8.00. The largest absolute Gasteiger partial charge is 0.497 e. The number of aryl methyl sites for hydroxylation is 1. The summed E-state index contributed by atoms with van der Waals surface area (Å²) in [6.45, 7) is 4.06. The van der Waals surface area contributed by atoms with Gasteiger partial charge in [-0.3, -0.25) is 0 Å². The molecule has 0 aliphatic rings. The molecule has 0 aliphatic heterocycles. The fraction of sp³-hybridized carbons (Fsp3) is 0.417. The number of benzene rings is 1. The molecule has 0 aromatic heterocycles. The highest BCUT2D eigenvalue weighted by Crippen LogP contribution is 2.30. The molecule has 0 fully saturated rings. The van der Waals surface area contributed by atoms with E-state index in [-0.39, 0.29) is 5.25 Å². The number of hydrogen-bond acceptors (Lipinski definition) is 3. The Morgan fingerprint density at radius 2 is 2.27 bits per heavy atom. The third-order valence-electron chi connectivity index (χ3n) is 2.17. The minimum atomic E-state index is 0.0390. The molecule has 0 heterocycles. The van der Waals surface area contributed by atoms with E-state index in [0.717, 1.165) is 22.6 Å². The molecule has 2 nitrogen and oxygen atoms in total. The molecule has 0 saturated heterocycles. The molecule has 0 saturated carbocycles. The Hall–Kier alpha value is -1.14. The zero-order valence-corrected chi connectivity index (χ0v) is 10.1. The maximum Gasteiger partial charge on any atom is 0.119 e. The lowest BCUT2D eigenvalue weighted by Crippen LogP contribution is -1.96. The SMILES string of the molecule is CCC(C#N)Sc1ccc(OC)cc1C. The number of hydrogen-bond donors (Lipinski definition) is 0. The number of nitrogens with zero attached hydrogens (tertiary/aromatic N) is 1. The molecule has 15 heavy (non-hydrogen) atoms. The molecule has 1 unspecified atom stereocenters. The fourth-order valence-corrected chi connectivity index (χ4v) is 2.15. The van der Waals surface area contributed by atoms with E-state index in [1.165, 1.54) is 0 Å². The van der Waals surface area contributed by atoms with Crippen LogP contribution in [0.5, 0.6) is 5.75 Å². The maximum absolute atomic E-state index is 8.88. The molecule has 1 rings (SSSR count). The molecule has 1 aromatic carbocycles. The van der Waals surface area contributed by atoms with Crippen LogP contribution < -0.4 is 4.74 Å². The van der Waals surface area contributed by atoms with Crippen molar-refractivity contribution in [3.05, 3.63) is 23.8 Å². The van der Waals surface area contributed by atoms with Crippen LogP contribution in [-0.2, 0) is 0 Å². The predicted octanol–water partition coefficient (Wildman–Crippen LogP) is 3.40. The standard InChI is InChI=1S/C12H15NOS/c1-4-11(8-13)15-12-6-5-10(14-3)7-9(12)2/h5-7,11H,4H2,1-3H3. The molecular formula is C12H15NOS. The first-order valence-electron chi connectivity index (χ1n) is 4.92. The van der Waals surface area contributed by atoms with Gasteiger partial charge in [-0.2, -0.15) is 5.26 Å². The third kappa shape index (κ3) is 3.17. The molecule has 3 heteroatoms. The van der Waals surface area contributed by atoms with Gasteiger partial charge in [-0.05, 0) is 37.1 Å². The van der Waals surface area contributed by atoms with Crippen LogP contribution in [0.2, 0.25) is 0 Å². The van der Waals surface area contributed by atoms with Gasteiger partial charge in [-0.15, -0.1) is 11.8 Å². The summed E-state index contributed by atoms with van der Waals surface area (Å²) in [5.41, 5.74) is 1.16. The van der Waals surface area contributed by atoms with Crippen molar-refractivity contribution in [1.29, 1.82) is 5.26 Å². The highest BCUT2D eigenvalue weighted by Gasteiger charge is 2.08. The quantitative estimate of drug-likeness (QED) is 0.730. The van der Waals surface area contributed by atoms with E-state index >= 15 is 0 Å². The molecule has 0 amide bonds. The van der Waals surface area contributed by atoms with Crippen molar-refractivity contribution in [1.82, 2.24) is 0 Å². The van der Waals surface area contributed by atoms with Gasteiger partial charge in [0.05, 0.1) is 18.4 Å². The van der Waals surface area contributed by atoms with Crippen LogP contribution in [0.4, 0.5) is 0 Å². The van der Waals surface area contributed by atoms with Crippen LogP contribution in [0.1, 0.15) is 18.9 Å². The lowest BCUT2D eigenvalue weighted by molar-refractivity contribution is 0.414. The minimum absolute atomic E-state index is 0.0390. The maximum atomic E-state index is 8.88. The predicted molar refractivity (Wildman–Crippen MR) is 63.3 cm³/mol. The van der Waals surface area contributed by atoms with E-state index in [2.05, 4.69) is 6.07 Å². The highest BCUT2D eigenvalue weighted by atomic mass is 32.2. The molecule has 1 atom stereocenters. The van der Waals surface area contributed by atoms with Crippen molar-refractivity contribution in [3.8, 4) is 11.8 Å². The first kappa shape index (κ1) is 11.9. The molecule has 0 bridgehead atoms. The smallest absolute Gasteiger partial charge is 0.119 e. The van der Waals surface area contributed by atoms with Gasteiger partial charge in [0, 0.05) is 4.90 Å². The summed E-state index contributed by atoms with van der Waals surface area (Å²) in [4.78, 5) is 1.16. The second-order valence-corrected chi connectivity index (χ2v) is 4.52. The van der Waals surface area contributed by atoms with Crippen molar-refractivity contribution in [2.45, 2.75) is 30.4 Å². The van der Waals surface area contributed by atoms with E-state index in [4.69, 9.17) is 10.00 Å². The van der Waals surface area contributed by atoms with Crippen LogP contribution >= 0.6 is 11.8 Å². The van der Waals surface area contributed by atoms with E-state index in [1.54, 1.807) is 18.9 Å². The van der Waals surface area contributed by atoms with Crippen molar-refractivity contribution >= 4 is 11.8 Å². The summed E-state index contributed by atoms with van der Waals surface area (Å²) in [6.07, 6.45) is 0.868. The van der Waals surface area contributed by atoms with E-state index in [0.29, 0.717) is 0 Å². The van der Waals surface area contributed by atoms with Crippen LogP contribution in [0.15, 0.2) is 23.1 Å². The fourth-order valence-electron chi connectivity index (χ4n) is 1.24. The van der Waals surface area contributed by atoms with Crippen molar-refractivity contribution in [2.75, 3.05) is 7.11 Å². The van der Waals surface area contributed by atoms with Crippen molar-refractivity contribution < 1.29 is 4.74 Å². The third-order valence-corrected chi connectivity index (χ3v) is 3.60. The van der Waals surface area contributed by atoms with Crippen LogP contribution in [0, 0.1) is 18.3 Å². The normalized spacial score (nSPS) is 11.9. The van der Waals surface area contributed by atoms with Crippen LogP contribution in [0.3, 0.4) is 0 Å². The Kier molecular flexibility index (Phi) is 4.51. The molecule has 1 aromatic rings. The van der Waals surface area contributed by atoms with Gasteiger partial charge >= 0.3 is 0 Å². The number of rotatable bonds is 4. The molecule has 80 valence electrons. The van der Waals surface area contributed by atoms with Gasteiger partial charge in [-0.1, -0.05) is 6.92 Å². The van der Waals surface area contributed by atoms with E-state index < -0.39 is 0 Å². The Bertz CT molecular complexity index is 370. The first-order chi connectivity index (χ1) is 7.21. The number of nitriles is 1. The summed E-state index contributed by atoms with van der Waals surface area (Å²) in [5.74, 6) is 0.863. The average Bonchev–Trinajstić information content (AvgIpc) is 2.27. The minimum Gasteiger partial charge on any atom is -0.497 e. The number of thioether (sulfide) groups is 1. The second kappa shape index (κ2) is 5.67. The summed E-state index contributed by atoms with van der Waals surface area (Å²) in [5, 5.41) is 8.92. The average molecular weight is 221 g/mol. The Morgan fingerprint density at radius 3 is 2.73 bits per heavy atom. The van der Waals surface area contributed by atoms with Crippen LogP contribution in [0.25, 0.3) is 0 Å². The lowest BCUT2D eigenvalue weighted by Gasteiger charge is -2.10. The van der Waals surface area contributed by atoms with Gasteiger partial charge in [0.15, 0.2) is 0 Å². The first-order valence-corrected chi connectivity index (χ1v) is 5.80. The van der Waals surface area contributed by atoms with Crippen molar-refractivity contribution in [2.24, 2.45) is 0 Å². The molecule has 0 spiro atoms. The van der Waals surface area contributed by atoms with E-state index in [9.17, 15) is 0 Å². The Balaban J connectivity index is 2.83. The van der Waals surface area contributed by atoms with Gasteiger partial charge in [0.1, 0.15) is 5.75 Å². The van der Waals surface area contributed by atoms with Crippen LogP contribution in [-0.4, -0.2) is 12.4 Å². The molecule has 0 N–H and O–H groups in total. The number of methoxy groups -OCH3 is 1. The van der Waals surface area contributed by atoms with Gasteiger partial charge in [0.2, 0.25) is 0 Å². The Morgan fingerprint density at radius 1 is 1.53 bits per heavy atom. The summed E-state index contributed by atoms with van der Waals surface area (Å²) in [6, 6.07) is 8.22. The molecular weight excluding hydrogens is 206 g/mol. The summed E-state index contributed by atoms with van der Waals surface area (Å²) >= 11 is 1.62. The van der Waals surface area contributed by atoms with Gasteiger partial charge in [-0.25, -0.2) is 0 Å². The molecule has 0 aliphatic carbocycles. The molecule has 0 radical (unpaired) electrons. The zero-order valence-electron chi connectivity index (χ0n) is 9.28. The van der Waals surface area contributed by atoms with Gasteiger partial charge < -0.3 is 4.74 Å². The summed E-state index contributed by atoms with van der Waals surface area (Å²) < 4.78 is 5.13. The number of ether oxygens (including phenoxy) is 1. The van der Waals surface area contributed by atoms with Gasteiger partial charge in [0.25, 0.3) is 0 Å². The monoisotopic (exact) mass is 221 g/mol. The van der Waals surface area contributed by atoms with Crippen molar-refractivity contribution in [3.63, 3.8) is 0 Å². The van der Waals surface area contributed by atoms with E-state index in [1.807, 2.05) is 32.0 Å². The lowest BCUT2D eigenvalue weighted by atomic mass is 10.2. The zero-order chi connectivity index (χ0) is 11.3. The summed E-state index contributed by atoms with van der Waals surface area (Å²) in [7, 11) is 1.66.